The summed E-state index contributed by atoms with van der Waals surface area (Å²) in [6, 6.07) is 6.09. The minimum absolute atomic E-state index is 0.202. The van der Waals surface area contributed by atoms with Crippen LogP contribution in [0.3, 0.4) is 0 Å². The van der Waals surface area contributed by atoms with Gasteiger partial charge in [0.05, 0.1) is 6.54 Å². The Morgan fingerprint density at radius 1 is 1.57 bits per heavy atom. The molecule has 2 aromatic heterocycles. The van der Waals surface area contributed by atoms with Crippen LogP contribution >= 0.6 is 11.3 Å². The number of carbonyl (C=O) groups excluding carboxylic acids is 1. The molecular formula is C17H19N3O2S. The first kappa shape index (κ1) is 17.0. The van der Waals surface area contributed by atoms with E-state index in [4.69, 9.17) is 4.42 Å². The topological polar surface area (TPSA) is 69.3 Å². The number of furan rings is 1. The van der Waals surface area contributed by atoms with E-state index in [0.29, 0.717) is 24.4 Å². The van der Waals surface area contributed by atoms with Crippen LogP contribution in [-0.4, -0.2) is 23.9 Å². The van der Waals surface area contributed by atoms with Crippen LogP contribution in [0.2, 0.25) is 0 Å². The van der Waals surface area contributed by atoms with Crippen molar-refractivity contribution in [2.24, 2.45) is 0 Å². The van der Waals surface area contributed by atoms with Gasteiger partial charge < -0.3 is 4.42 Å². The molecule has 0 unspecified atom stereocenters. The van der Waals surface area contributed by atoms with Crippen LogP contribution in [0.4, 0.5) is 5.88 Å². The van der Waals surface area contributed by atoms with Crippen LogP contribution < -0.4 is 5.32 Å². The Morgan fingerprint density at radius 3 is 2.96 bits per heavy atom. The Morgan fingerprint density at radius 2 is 2.35 bits per heavy atom. The molecule has 2 aromatic rings. The molecule has 2 heterocycles. The molecule has 0 radical (unpaired) electrons. The molecular weight excluding hydrogens is 310 g/mol. The number of nitrogens with zero attached hydrogens (tertiary/aromatic N) is 2. The average molecular weight is 329 g/mol. The second kappa shape index (κ2) is 7.77. The molecule has 0 saturated carbocycles. The van der Waals surface area contributed by atoms with Gasteiger partial charge in [-0.2, -0.15) is 5.26 Å². The van der Waals surface area contributed by atoms with Crippen LogP contribution in [-0.2, 0) is 11.3 Å². The molecule has 23 heavy (non-hydrogen) atoms. The maximum Gasteiger partial charge on any atom is 0.240 e. The summed E-state index contributed by atoms with van der Waals surface area (Å²) >= 11 is 1.65. The first-order chi connectivity index (χ1) is 11.0. The van der Waals surface area contributed by atoms with E-state index in [-0.39, 0.29) is 18.3 Å². The third-order valence-corrected chi connectivity index (χ3v) is 4.33. The molecule has 0 aromatic carbocycles. The average Bonchev–Trinajstić information content (AvgIpc) is 3.08. The lowest BCUT2D eigenvalue weighted by Gasteiger charge is -2.18. The van der Waals surface area contributed by atoms with Crippen molar-refractivity contribution < 1.29 is 9.21 Å². The maximum atomic E-state index is 12.3. The van der Waals surface area contributed by atoms with E-state index in [0.717, 1.165) is 5.56 Å². The molecule has 0 aliphatic heterocycles. The number of hydrogen-bond donors (Lipinski definition) is 1. The summed E-state index contributed by atoms with van der Waals surface area (Å²) in [5, 5.41) is 13.9. The highest BCUT2D eigenvalue weighted by atomic mass is 32.1. The first-order valence-electron chi connectivity index (χ1n) is 7.20. The van der Waals surface area contributed by atoms with E-state index in [1.165, 1.54) is 4.88 Å². The molecule has 0 bridgehead atoms. The Kier molecular flexibility index (Phi) is 5.74. The molecule has 0 atom stereocenters. The first-order valence-corrected chi connectivity index (χ1v) is 8.08. The minimum atomic E-state index is -0.214. The molecule has 0 aliphatic carbocycles. The molecule has 0 spiro atoms. The number of nitriles is 1. The maximum absolute atomic E-state index is 12.3. The molecule has 2 rings (SSSR count). The van der Waals surface area contributed by atoms with Gasteiger partial charge in [-0.1, -0.05) is 12.1 Å². The van der Waals surface area contributed by atoms with Gasteiger partial charge in [0, 0.05) is 23.5 Å². The lowest BCUT2D eigenvalue weighted by atomic mass is 10.2. The van der Waals surface area contributed by atoms with Crippen molar-refractivity contribution in [3.8, 4) is 6.07 Å². The summed E-state index contributed by atoms with van der Waals surface area (Å²) in [7, 11) is 0. The normalized spacial score (nSPS) is 10.5. The zero-order valence-corrected chi connectivity index (χ0v) is 14.1. The van der Waals surface area contributed by atoms with Gasteiger partial charge in [-0.3, -0.25) is 15.0 Å². The Balaban J connectivity index is 2.03. The van der Waals surface area contributed by atoms with Crippen LogP contribution in [0, 0.1) is 25.2 Å². The SMILES string of the molecule is C=CCN(CC(=O)Nc1oc(C)c(C)c1C#N)Cc1cccs1. The molecule has 1 amide bonds. The monoisotopic (exact) mass is 329 g/mol. The molecule has 0 fully saturated rings. The van der Waals surface area contributed by atoms with Crippen LogP contribution in [0.15, 0.2) is 34.6 Å². The lowest BCUT2D eigenvalue weighted by Crippen LogP contribution is -2.32. The van der Waals surface area contributed by atoms with Crippen molar-refractivity contribution >= 4 is 23.1 Å². The minimum Gasteiger partial charge on any atom is -0.444 e. The molecule has 5 nitrogen and oxygen atoms in total. The zero-order chi connectivity index (χ0) is 16.8. The quantitative estimate of drug-likeness (QED) is 0.790. The molecule has 6 heteroatoms. The van der Waals surface area contributed by atoms with E-state index in [1.54, 1.807) is 31.3 Å². The summed E-state index contributed by atoms with van der Waals surface area (Å²) in [6.07, 6.45) is 1.77. The van der Waals surface area contributed by atoms with E-state index < -0.39 is 0 Å². The van der Waals surface area contributed by atoms with Crippen molar-refractivity contribution in [1.82, 2.24) is 4.90 Å². The van der Waals surface area contributed by atoms with Crippen LogP contribution in [0.25, 0.3) is 0 Å². The van der Waals surface area contributed by atoms with Gasteiger partial charge in [-0.05, 0) is 25.3 Å². The van der Waals surface area contributed by atoms with Gasteiger partial charge in [-0.25, -0.2) is 0 Å². The van der Waals surface area contributed by atoms with E-state index >= 15 is 0 Å². The second-order valence-electron chi connectivity index (χ2n) is 5.19. The van der Waals surface area contributed by atoms with Crippen molar-refractivity contribution in [1.29, 1.82) is 5.26 Å². The standard InChI is InChI=1S/C17H19N3O2S/c1-4-7-20(10-14-6-5-8-23-14)11-16(21)19-17-15(9-18)12(2)13(3)22-17/h4-6,8H,1,7,10-11H2,2-3H3,(H,19,21). The summed E-state index contributed by atoms with van der Waals surface area (Å²) in [4.78, 5) is 15.4. The fourth-order valence-corrected chi connectivity index (χ4v) is 2.96. The third-order valence-electron chi connectivity index (χ3n) is 3.46. The fourth-order valence-electron chi connectivity index (χ4n) is 2.21. The van der Waals surface area contributed by atoms with Crippen LogP contribution in [0.5, 0.6) is 0 Å². The number of thiophene rings is 1. The number of amides is 1. The third kappa shape index (κ3) is 4.31. The molecule has 1 N–H and O–H groups in total. The number of aryl methyl sites for hydroxylation is 1. The largest absolute Gasteiger partial charge is 0.444 e. The molecule has 120 valence electrons. The van der Waals surface area contributed by atoms with Gasteiger partial charge in [0.1, 0.15) is 17.4 Å². The predicted octanol–water partition coefficient (Wildman–Crippen LogP) is 3.46. The van der Waals surface area contributed by atoms with Crippen molar-refractivity contribution in [2.75, 3.05) is 18.4 Å². The smallest absolute Gasteiger partial charge is 0.240 e. The highest BCUT2D eigenvalue weighted by molar-refractivity contribution is 7.09. The number of nitrogens with one attached hydrogen (secondary N) is 1. The van der Waals surface area contributed by atoms with E-state index in [1.807, 2.05) is 22.4 Å². The second-order valence-corrected chi connectivity index (χ2v) is 6.22. The van der Waals surface area contributed by atoms with Gasteiger partial charge >= 0.3 is 0 Å². The number of anilines is 1. The Hall–Kier alpha value is -2.36. The van der Waals surface area contributed by atoms with Gasteiger partial charge in [0.15, 0.2) is 0 Å². The lowest BCUT2D eigenvalue weighted by molar-refractivity contribution is -0.117. The van der Waals surface area contributed by atoms with Crippen molar-refractivity contribution in [2.45, 2.75) is 20.4 Å². The summed E-state index contributed by atoms with van der Waals surface area (Å²) in [6.45, 7) is 8.79. The summed E-state index contributed by atoms with van der Waals surface area (Å²) in [5.41, 5.74) is 1.13. The number of rotatable bonds is 7. The zero-order valence-electron chi connectivity index (χ0n) is 13.3. The number of carbonyl (C=O) groups is 1. The van der Waals surface area contributed by atoms with Gasteiger partial charge in [-0.15, -0.1) is 17.9 Å². The fraction of sp³-hybridized carbons (Fsp3) is 0.294. The summed E-state index contributed by atoms with van der Waals surface area (Å²) in [5.74, 6) is 0.647. The van der Waals surface area contributed by atoms with Crippen molar-refractivity contribution in [3.63, 3.8) is 0 Å². The van der Waals surface area contributed by atoms with E-state index in [9.17, 15) is 10.1 Å². The van der Waals surface area contributed by atoms with E-state index in [2.05, 4.69) is 18.0 Å². The Labute approximate surface area is 139 Å². The Bertz CT molecular complexity index is 726. The van der Waals surface area contributed by atoms with Crippen molar-refractivity contribution in [3.05, 3.63) is 51.9 Å². The van der Waals surface area contributed by atoms with Gasteiger partial charge in [0.25, 0.3) is 0 Å². The molecule has 0 aliphatic rings. The number of hydrogen-bond acceptors (Lipinski definition) is 5. The highest BCUT2D eigenvalue weighted by Crippen LogP contribution is 2.25. The van der Waals surface area contributed by atoms with Gasteiger partial charge in [0.2, 0.25) is 11.8 Å². The predicted molar refractivity (Wildman–Crippen MR) is 91.3 cm³/mol. The highest BCUT2D eigenvalue weighted by Gasteiger charge is 2.18. The van der Waals surface area contributed by atoms with Crippen LogP contribution in [0.1, 0.15) is 21.8 Å². The molecule has 0 saturated heterocycles. The summed E-state index contributed by atoms with van der Waals surface area (Å²) < 4.78 is 5.46.